The minimum Gasteiger partial charge on any atom is -0.267 e. The van der Waals surface area contributed by atoms with Crippen LogP contribution in [0.4, 0.5) is 4.39 Å². The number of carbonyl (C=O) groups is 2. The van der Waals surface area contributed by atoms with E-state index >= 15 is 0 Å². The van der Waals surface area contributed by atoms with E-state index in [1.54, 1.807) is 12.1 Å². The fourth-order valence-electron chi connectivity index (χ4n) is 1.82. The first-order valence-corrected chi connectivity index (χ1v) is 7.45. The van der Waals surface area contributed by atoms with Crippen molar-refractivity contribution in [1.29, 1.82) is 0 Å². The van der Waals surface area contributed by atoms with Gasteiger partial charge in [-0.15, -0.1) is 0 Å². The Morgan fingerprint density at radius 2 is 1.68 bits per heavy atom. The third-order valence-corrected chi connectivity index (χ3v) is 3.75. The van der Waals surface area contributed by atoms with E-state index in [-0.39, 0.29) is 5.56 Å². The normalized spacial score (nSPS) is 10.1. The zero-order valence-electron chi connectivity index (χ0n) is 11.8. The zero-order chi connectivity index (χ0) is 16.1. The molecular formula is C16H14BrFN2O2. The fraction of sp³-hybridized carbons (Fsp3) is 0.125. The lowest BCUT2D eigenvalue weighted by atomic mass is 10.1. The first-order chi connectivity index (χ1) is 10.5. The van der Waals surface area contributed by atoms with Crippen LogP contribution in [0.25, 0.3) is 0 Å². The summed E-state index contributed by atoms with van der Waals surface area (Å²) >= 11 is 3.10. The van der Waals surface area contributed by atoms with Crippen molar-refractivity contribution in [3.8, 4) is 0 Å². The van der Waals surface area contributed by atoms with Crippen LogP contribution in [0.5, 0.6) is 0 Å². The van der Waals surface area contributed by atoms with Gasteiger partial charge in [0.15, 0.2) is 0 Å². The maximum absolute atomic E-state index is 13.0. The predicted octanol–water partition coefficient (Wildman–Crippen LogP) is 3.23. The van der Waals surface area contributed by atoms with Crippen LogP contribution >= 0.6 is 15.9 Å². The molecule has 0 bridgehead atoms. The zero-order valence-corrected chi connectivity index (χ0v) is 13.4. The third kappa shape index (κ3) is 3.92. The molecule has 2 rings (SSSR count). The molecule has 6 heteroatoms. The molecular weight excluding hydrogens is 351 g/mol. The smallest absolute Gasteiger partial charge is 0.267 e. The predicted molar refractivity (Wildman–Crippen MR) is 84.9 cm³/mol. The minimum atomic E-state index is -0.537. The first kappa shape index (κ1) is 16.2. The number of carbonyl (C=O) groups excluding carboxylic acids is 2. The fourth-order valence-corrected chi connectivity index (χ4v) is 2.35. The van der Waals surface area contributed by atoms with E-state index in [2.05, 4.69) is 26.8 Å². The Bertz CT molecular complexity index is 702. The lowest BCUT2D eigenvalue weighted by Crippen LogP contribution is -2.41. The number of nitrogens with one attached hydrogen (secondary N) is 2. The average Bonchev–Trinajstić information content (AvgIpc) is 2.52. The molecule has 0 aromatic heterocycles. The molecule has 2 amide bonds. The van der Waals surface area contributed by atoms with Crippen molar-refractivity contribution < 1.29 is 14.0 Å². The van der Waals surface area contributed by atoms with E-state index in [0.717, 1.165) is 12.0 Å². The molecule has 114 valence electrons. The van der Waals surface area contributed by atoms with Crippen LogP contribution in [0.15, 0.2) is 46.9 Å². The minimum absolute atomic E-state index is 0.225. The second-order valence-electron chi connectivity index (χ2n) is 4.58. The van der Waals surface area contributed by atoms with Gasteiger partial charge in [0.2, 0.25) is 0 Å². The van der Waals surface area contributed by atoms with Crippen LogP contribution in [-0.4, -0.2) is 11.8 Å². The van der Waals surface area contributed by atoms with E-state index in [1.165, 1.54) is 18.2 Å². The Kier molecular flexibility index (Phi) is 5.27. The van der Waals surface area contributed by atoms with E-state index in [4.69, 9.17) is 0 Å². The highest BCUT2D eigenvalue weighted by molar-refractivity contribution is 9.10. The monoisotopic (exact) mass is 364 g/mol. The molecule has 2 aromatic carbocycles. The summed E-state index contributed by atoms with van der Waals surface area (Å²) in [6.45, 7) is 2.02. The van der Waals surface area contributed by atoms with E-state index in [1.807, 2.05) is 19.1 Å². The number of hydrazine groups is 1. The molecule has 2 aromatic rings. The summed E-state index contributed by atoms with van der Waals surface area (Å²) in [4.78, 5) is 23.9. The summed E-state index contributed by atoms with van der Waals surface area (Å²) in [5.74, 6) is -1.41. The van der Waals surface area contributed by atoms with Crippen LogP contribution in [-0.2, 0) is 6.42 Å². The van der Waals surface area contributed by atoms with Crippen molar-refractivity contribution in [3.63, 3.8) is 0 Å². The highest BCUT2D eigenvalue weighted by Gasteiger charge is 2.12. The van der Waals surface area contributed by atoms with E-state index in [9.17, 15) is 14.0 Å². The van der Waals surface area contributed by atoms with Crippen LogP contribution in [0.3, 0.4) is 0 Å². The van der Waals surface area contributed by atoms with Gasteiger partial charge in [-0.3, -0.25) is 20.4 Å². The maximum atomic E-state index is 13.0. The van der Waals surface area contributed by atoms with Crippen molar-refractivity contribution in [2.45, 2.75) is 13.3 Å². The molecule has 0 aliphatic carbocycles. The van der Waals surface area contributed by atoms with Crippen LogP contribution in [0.2, 0.25) is 0 Å². The summed E-state index contributed by atoms with van der Waals surface area (Å²) in [5, 5.41) is 0. The molecule has 22 heavy (non-hydrogen) atoms. The Morgan fingerprint density at radius 3 is 2.27 bits per heavy atom. The van der Waals surface area contributed by atoms with Crippen LogP contribution in [0.1, 0.15) is 33.2 Å². The number of hydrogen-bond donors (Lipinski definition) is 2. The van der Waals surface area contributed by atoms with Gasteiger partial charge in [-0.05, 0) is 58.2 Å². The molecule has 0 atom stereocenters. The summed E-state index contributed by atoms with van der Waals surface area (Å²) in [6.07, 6.45) is 0.886. The van der Waals surface area contributed by atoms with Gasteiger partial charge < -0.3 is 0 Å². The molecule has 0 unspecified atom stereocenters. The SMILES string of the molecule is CCc1ccc(C(=O)NNC(=O)c2ccc(F)cc2Br)cc1. The molecule has 0 saturated heterocycles. The van der Waals surface area contributed by atoms with Crippen molar-refractivity contribution in [1.82, 2.24) is 10.9 Å². The second-order valence-corrected chi connectivity index (χ2v) is 5.44. The molecule has 0 fully saturated rings. The molecule has 0 aliphatic rings. The summed E-state index contributed by atoms with van der Waals surface area (Å²) in [5.41, 5.74) is 6.41. The average molecular weight is 365 g/mol. The number of halogens is 2. The molecule has 0 spiro atoms. The standard InChI is InChI=1S/C16H14BrFN2O2/c1-2-10-3-5-11(6-4-10)15(21)19-20-16(22)13-8-7-12(18)9-14(13)17/h3-9H,2H2,1H3,(H,19,21)(H,20,22). The largest absolute Gasteiger partial charge is 0.270 e. The summed E-state index contributed by atoms with van der Waals surface area (Å²) in [7, 11) is 0. The second kappa shape index (κ2) is 7.17. The number of hydrogen-bond acceptors (Lipinski definition) is 2. The number of aryl methyl sites for hydroxylation is 1. The Labute approximate surface area is 135 Å². The molecule has 4 nitrogen and oxygen atoms in total. The van der Waals surface area contributed by atoms with Gasteiger partial charge in [-0.2, -0.15) is 0 Å². The Hall–Kier alpha value is -2.21. The molecule has 0 aliphatic heterocycles. The van der Waals surface area contributed by atoms with Crippen LogP contribution in [0, 0.1) is 5.82 Å². The molecule has 0 radical (unpaired) electrons. The number of amides is 2. The lowest BCUT2D eigenvalue weighted by Gasteiger charge is -2.09. The van der Waals surface area contributed by atoms with Gasteiger partial charge >= 0.3 is 0 Å². The van der Waals surface area contributed by atoms with Gasteiger partial charge in [0.05, 0.1) is 5.56 Å². The van der Waals surface area contributed by atoms with Gasteiger partial charge in [-0.1, -0.05) is 19.1 Å². The third-order valence-electron chi connectivity index (χ3n) is 3.09. The van der Waals surface area contributed by atoms with E-state index in [0.29, 0.717) is 10.0 Å². The topological polar surface area (TPSA) is 58.2 Å². The highest BCUT2D eigenvalue weighted by atomic mass is 79.9. The highest BCUT2D eigenvalue weighted by Crippen LogP contribution is 2.17. The quantitative estimate of drug-likeness (QED) is 0.821. The maximum Gasteiger partial charge on any atom is 0.270 e. The molecule has 2 N–H and O–H groups in total. The number of benzene rings is 2. The molecule has 0 heterocycles. The number of rotatable bonds is 3. The van der Waals surface area contributed by atoms with Crippen molar-refractivity contribution in [2.75, 3.05) is 0 Å². The first-order valence-electron chi connectivity index (χ1n) is 6.66. The van der Waals surface area contributed by atoms with Gasteiger partial charge in [0.25, 0.3) is 11.8 Å². The van der Waals surface area contributed by atoms with Gasteiger partial charge in [0, 0.05) is 10.0 Å². The summed E-state index contributed by atoms with van der Waals surface area (Å²) in [6, 6.07) is 10.8. The molecule has 0 saturated carbocycles. The van der Waals surface area contributed by atoms with Crippen molar-refractivity contribution >= 4 is 27.7 Å². The van der Waals surface area contributed by atoms with Crippen molar-refractivity contribution in [3.05, 3.63) is 69.4 Å². The Balaban J connectivity index is 1.99. The van der Waals surface area contributed by atoms with Gasteiger partial charge in [-0.25, -0.2) is 4.39 Å². The lowest BCUT2D eigenvalue weighted by molar-refractivity contribution is 0.0846. The Morgan fingerprint density at radius 1 is 1.05 bits per heavy atom. The van der Waals surface area contributed by atoms with E-state index < -0.39 is 17.6 Å². The van der Waals surface area contributed by atoms with Crippen molar-refractivity contribution in [2.24, 2.45) is 0 Å². The summed E-state index contributed by atoms with van der Waals surface area (Å²) < 4.78 is 13.3. The van der Waals surface area contributed by atoms with Gasteiger partial charge in [0.1, 0.15) is 5.82 Å². The van der Waals surface area contributed by atoms with Crippen LogP contribution < -0.4 is 10.9 Å².